The van der Waals surface area contributed by atoms with Crippen LogP contribution in [-0.4, -0.2) is 5.11 Å². The summed E-state index contributed by atoms with van der Waals surface area (Å²) in [6.07, 6.45) is 0. The number of thiol groups is 1. The molecule has 1 aromatic carbocycles. The number of hydrogen-bond donors (Lipinski definition) is 2. The van der Waals surface area contributed by atoms with Crippen LogP contribution in [0, 0.1) is 3.57 Å². The quantitative estimate of drug-likeness (QED) is 0.564. The van der Waals surface area contributed by atoms with Crippen LogP contribution in [0.4, 0.5) is 0 Å². The maximum absolute atomic E-state index is 9.21. The molecule has 0 aliphatic carbocycles. The fourth-order valence-corrected chi connectivity index (χ4v) is 3.31. The Labute approximate surface area is 93.0 Å². The summed E-state index contributed by atoms with van der Waals surface area (Å²) >= 11 is 8.17. The highest BCUT2D eigenvalue weighted by atomic mass is 127. The van der Waals surface area contributed by atoms with E-state index in [9.17, 15) is 5.11 Å². The summed E-state index contributed by atoms with van der Waals surface area (Å²) in [5, 5.41) is 10.4. The fraction of sp³-hybridized carbons (Fsp3) is 0. The first-order valence-corrected chi connectivity index (χ1v) is 5.62. The lowest BCUT2D eigenvalue weighted by molar-refractivity contribution is 0.476. The van der Waals surface area contributed by atoms with E-state index < -0.39 is 0 Å². The van der Waals surface area contributed by atoms with Gasteiger partial charge in [0.1, 0.15) is 5.75 Å². The van der Waals surface area contributed by atoms with Crippen molar-refractivity contribution in [2.45, 2.75) is 4.21 Å². The minimum atomic E-state index is 0.313. The summed E-state index contributed by atoms with van der Waals surface area (Å²) in [7, 11) is 0. The standard InChI is InChI=1S/C8H5IOS2/c9-7-5-2-1-4(10)3-6(5)12-8(7)11/h1-3,10-11H. The molecule has 12 heavy (non-hydrogen) atoms. The molecule has 4 heteroatoms. The van der Waals surface area contributed by atoms with Crippen LogP contribution in [0.3, 0.4) is 0 Å². The zero-order chi connectivity index (χ0) is 8.72. The van der Waals surface area contributed by atoms with Crippen LogP contribution in [-0.2, 0) is 0 Å². The van der Waals surface area contributed by atoms with Gasteiger partial charge in [-0.05, 0) is 40.8 Å². The molecule has 62 valence electrons. The number of hydrogen-bond acceptors (Lipinski definition) is 3. The second kappa shape index (κ2) is 3.08. The van der Waals surface area contributed by atoms with Crippen molar-refractivity contribution in [2.75, 3.05) is 0 Å². The van der Waals surface area contributed by atoms with Crippen LogP contribution < -0.4 is 0 Å². The Morgan fingerprint density at radius 2 is 2.17 bits per heavy atom. The summed E-state index contributed by atoms with van der Waals surface area (Å²) in [5.74, 6) is 0.313. The highest BCUT2D eigenvalue weighted by Gasteiger charge is 2.06. The van der Waals surface area contributed by atoms with E-state index in [0.717, 1.165) is 12.5 Å². The maximum atomic E-state index is 9.21. The third-order valence-electron chi connectivity index (χ3n) is 1.60. The summed E-state index contributed by atoms with van der Waals surface area (Å²) in [5.41, 5.74) is 0. The van der Waals surface area contributed by atoms with Crippen molar-refractivity contribution in [2.24, 2.45) is 0 Å². The largest absolute Gasteiger partial charge is 0.508 e. The van der Waals surface area contributed by atoms with Gasteiger partial charge in [-0.3, -0.25) is 0 Å². The van der Waals surface area contributed by atoms with Gasteiger partial charge in [-0.15, -0.1) is 24.0 Å². The molecular weight excluding hydrogens is 303 g/mol. The number of rotatable bonds is 0. The van der Waals surface area contributed by atoms with Gasteiger partial charge >= 0.3 is 0 Å². The van der Waals surface area contributed by atoms with Gasteiger partial charge in [0.15, 0.2) is 0 Å². The SMILES string of the molecule is Oc1ccc2c(I)c(S)sc2c1. The predicted molar refractivity (Wildman–Crippen MR) is 63.5 cm³/mol. The van der Waals surface area contributed by atoms with E-state index in [1.807, 2.05) is 6.07 Å². The molecule has 0 aliphatic rings. The van der Waals surface area contributed by atoms with E-state index in [4.69, 9.17) is 0 Å². The van der Waals surface area contributed by atoms with Crippen LogP contribution in [0.15, 0.2) is 22.4 Å². The summed E-state index contributed by atoms with van der Waals surface area (Å²) in [6.45, 7) is 0. The molecule has 0 saturated heterocycles. The molecule has 0 unspecified atom stereocenters. The van der Waals surface area contributed by atoms with Crippen LogP contribution in [0.25, 0.3) is 10.1 Å². The normalized spacial score (nSPS) is 10.8. The Balaban J connectivity index is 2.87. The second-order valence-electron chi connectivity index (χ2n) is 2.40. The molecule has 1 aromatic heterocycles. The third-order valence-corrected chi connectivity index (χ3v) is 4.96. The molecule has 0 atom stereocenters. The molecule has 1 N–H and O–H groups in total. The average Bonchev–Trinajstić information content (AvgIpc) is 2.28. The van der Waals surface area contributed by atoms with Gasteiger partial charge in [0, 0.05) is 13.7 Å². The number of benzene rings is 1. The number of halogens is 1. The molecule has 1 heterocycles. The molecule has 0 amide bonds. The summed E-state index contributed by atoms with van der Waals surface area (Å²) < 4.78 is 3.26. The van der Waals surface area contributed by atoms with Crippen LogP contribution in [0.2, 0.25) is 0 Å². The highest BCUT2D eigenvalue weighted by Crippen LogP contribution is 2.36. The Hall–Kier alpha value is 0.0600. The molecule has 0 saturated carbocycles. The van der Waals surface area contributed by atoms with Crippen molar-refractivity contribution in [1.29, 1.82) is 0 Å². The van der Waals surface area contributed by atoms with Crippen LogP contribution >= 0.6 is 46.6 Å². The molecule has 0 fully saturated rings. The van der Waals surface area contributed by atoms with Gasteiger partial charge in [-0.1, -0.05) is 0 Å². The number of phenolic OH excluding ortho intramolecular Hbond substituents is 1. The third kappa shape index (κ3) is 1.31. The van der Waals surface area contributed by atoms with Crippen LogP contribution in [0.5, 0.6) is 5.75 Å². The monoisotopic (exact) mass is 308 g/mol. The van der Waals surface area contributed by atoms with Gasteiger partial charge < -0.3 is 5.11 Å². The molecule has 0 bridgehead atoms. The smallest absolute Gasteiger partial charge is 0.117 e. The first-order valence-electron chi connectivity index (χ1n) is 3.28. The lowest BCUT2D eigenvalue weighted by atomic mass is 10.2. The first kappa shape index (κ1) is 8.65. The van der Waals surface area contributed by atoms with Crippen molar-refractivity contribution < 1.29 is 5.11 Å². The highest BCUT2D eigenvalue weighted by molar-refractivity contribution is 14.1. The Morgan fingerprint density at radius 1 is 1.42 bits per heavy atom. The maximum Gasteiger partial charge on any atom is 0.117 e. The van der Waals surface area contributed by atoms with Crippen molar-refractivity contribution >= 4 is 56.6 Å². The molecular formula is C8H5IOS2. The molecule has 0 radical (unpaired) electrons. The molecule has 2 rings (SSSR count). The minimum absolute atomic E-state index is 0.313. The Kier molecular flexibility index (Phi) is 2.22. The molecule has 0 spiro atoms. The van der Waals surface area contributed by atoms with Gasteiger partial charge in [-0.2, -0.15) is 0 Å². The van der Waals surface area contributed by atoms with Crippen molar-refractivity contribution in [1.82, 2.24) is 0 Å². The van der Waals surface area contributed by atoms with Crippen molar-refractivity contribution in [3.63, 3.8) is 0 Å². The number of fused-ring (bicyclic) bond motifs is 1. The van der Waals surface area contributed by atoms with Gasteiger partial charge in [0.2, 0.25) is 0 Å². The molecule has 0 aliphatic heterocycles. The van der Waals surface area contributed by atoms with Crippen molar-refractivity contribution in [3.8, 4) is 5.75 Å². The van der Waals surface area contributed by atoms with Crippen LogP contribution in [0.1, 0.15) is 0 Å². The Bertz CT molecular complexity index is 436. The average molecular weight is 308 g/mol. The summed E-state index contributed by atoms with van der Waals surface area (Å²) in [6, 6.07) is 5.38. The zero-order valence-electron chi connectivity index (χ0n) is 5.91. The number of thiophene rings is 1. The first-order chi connectivity index (χ1) is 5.68. The van der Waals surface area contributed by atoms with Gasteiger partial charge in [0.05, 0.1) is 4.21 Å². The van der Waals surface area contributed by atoms with E-state index in [-0.39, 0.29) is 0 Å². The number of aromatic hydroxyl groups is 1. The predicted octanol–water partition coefficient (Wildman–Crippen LogP) is 3.50. The van der Waals surface area contributed by atoms with Gasteiger partial charge in [0.25, 0.3) is 0 Å². The lowest BCUT2D eigenvalue weighted by Gasteiger charge is -1.91. The second-order valence-corrected chi connectivity index (χ2v) is 5.28. The van der Waals surface area contributed by atoms with E-state index in [1.165, 1.54) is 5.39 Å². The Morgan fingerprint density at radius 3 is 2.92 bits per heavy atom. The summed E-state index contributed by atoms with van der Waals surface area (Å²) in [4.78, 5) is 0. The van der Waals surface area contributed by atoms with E-state index in [1.54, 1.807) is 23.5 Å². The number of phenols is 1. The molecule has 2 aromatic rings. The lowest BCUT2D eigenvalue weighted by Crippen LogP contribution is -1.67. The van der Waals surface area contributed by atoms with E-state index >= 15 is 0 Å². The van der Waals surface area contributed by atoms with Gasteiger partial charge in [-0.25, -0.2) is 0 Å². The van der Waals surface area contributed by atoms with E-state index in [0.29, 0.717) is 5.75 Å². The zero-order valence-corrected chi connectivity index (χ0v) is 9.78. The fourth-order valence-electron chi connectivity index (χ4n) is 1.04. The minimum Gasteiger partial charge on any atom is -0.508 e. The van der Waals surface area contributed by atoms with Crippen molar-refractivity contribution in [3.05, 3.63) is 21.8 Å². The van der Waals surface area contributed by atoms with E-state index in [2.05, 4.69) is 35.2 Å². The molecule has 1 nitrogen and oxygen atoms in total. The topological polar surface area (TPSA) is 20.2 Å².